The smallest absolute Gasteiger partial charge is 0.269 e. The number of β-amino-alcohol motifs (C(OH)–C–C–N with tert-alkyl or cyclic N) is 1. The summed E-state index contributed by atoms with van der Waals surface area (Å²) in [6.45, 7) is 4.75. The Hall–Kier alpha value is -1.50. The lowest BCUT2D eigenvalue weighted by Gasteiger charge is -2.14. The molecular formula is C13H19N3O3. The van der Waals surface area contributed by atoms with Gasteiger partial charge in [-0.2, -0.15) is 0 Å². The third-order valence-corrected chi connectivity index (χ3v) is 3.56. The predicted molar refractivity (Wildman–Crippen MR) is 71.9 cm³/mol. The maximum Gasteiger partial charge on any atom is 0.269 e. The first-order valence-electron chi connectivity index (χ1n) is 6.41. The molecular weight excluding hydrogens is 246 g/mol. The third kappa shape index (κ3) is 3.50. The summed E-state index contributed by atoms with van der Waals surface area (Å²) in [6, 6.07) is 4.89. The van der Waals surface area contributed by atoms with Crippen molar-refractivity contribution in [2.45, 2.75) is 19.6 Å². The Morgan fingerprint density at radius 3 is 2.89 bits per heavy atom. The van der Waals surface area contributed by atoms with Crippen molar-refractivity contribution in [1.82, 2.24) is 10.6 Å². The van der Waals surface area contributed by atoms with Gasteiger partial charge in [0.05, 0.1) is 11.0 Å². The molecule has 1 aliphatic rings. The van der Waals surface area contributed by atoms with Gasteiger partial charge in [0, 0.05) is 44.2 Å². The van der Waals surface area contributed by atoms with E-state index in [1.54, 1.807) is 12.1 Å². The van der Waals surface area contributed by atoms with E-state index in [0.29, 0.717) is 13.1 Å². The Balaban J connectivity index is 1.87. The first kappa shape index (κ1) is 13.9. The van der Waals surface area contributed by atoms with Crippen molar-refractivity contribution in [3.8, 4) is 0 Å². The third-order valence-electron chi connectivity index (χ3n) is 3.56. The maximum atomic E-state index is 10.6. The van der Waals surface area contributed by atoms with E-state index in [2.05, 4.69) is 10.6 Å². The quantitative estimate of drug-likeness (QED) is 0.535. The van der Waals surface area contributed by atoms with Crippen LogP contribution in [0.15, 0.2) is 18.2 Å². The summed E-state index contributed by atoms with van der Waals surface area (Å²) in [7, 11) is 0. The van der Waals surface area contributed by atoms with Gasteiger partial charge >= 0.3 is 0 Å². The normalized spacial score (nSPS) is 22.6. The number of nitro benzene ring substituents is 1. The summed E-state index contributed by atoms with van der Waals surface area (Å²) >= 11 is 0. The Morgan fingerprint density at radius 1 is 1.53 bits per heavy atom. The van der Waals surface area contributed by atoms with Crippen LogP contribution in [0.5, 0.6) is 0 Å². The molecule has 1 aromatic carbocycles. The van der Waals surface area contributed by atoms with Crippen LogP contribution in [-0.4, -0.2) is 35.8 Å². The van der Waals surface area contributed by atoms with Crippen molar-refractivity contribution in [3.63, 3.8) is 0 Å². The first-order valence-corrected chi connectivity index (χ1v) is 6.41. The summed E-state index contributed by atoms with van der Waals surface area (Å²) in [6.07, 6.45) is -0.287. The summed E-state index contributed by atoms with van der Waals surface area (Å²) < 4.78 is 0. The largest absolute Gasteiger partial charge is 0.391 e. The van der Waals surface area contributed by atoms with Gasteiger partial charge < -0.3 is 15.7 Å². The molecule has 1 saturated heterocycles. The van der Waals surface area contributed by atoms with Crippen molar-refractivity contribution in [1.29, 1.82) is 0 Å². The fourth-order valence-electron chi connectivity index (χ4n) is 2.31. The summed E-state index contributed by atoms with van der Waals surface area (Å²) in [4.78, 5) is 10.3. The zero-order valence-corrected chi connectivity index (χ0v) is 10.9. The van der Waals surface area contributed by atoms with E-state index in [1.807, 2.05) is 6.92 Å². The molecule has 1 fully saturated rings. The molecule has 104 valence electrons. The van der Waals surface area contributed by atoms with E-state index in [1.165, 1.54) is 6.07 Å². The van der Waals surface area contributed by atoms with E-state index in [4.69, 9.17) is 0 Å². The molecule has 0 radical (unpaired) electrons. The highest BCUT2D eigenvalue weighted by atomic mass is 16.6. The zero-order chi connectivity index (χ0) is 13.8. The number of hydrogen-bond donors (Lipinski definition) is 3. The van der Waals surface area contributed by atoms with Crippen LogP contribution < -0.4 is 10.6 Å². The Labute approximate surface area is 112 Å². The minimum atomic E-state index is -0.384. The Bertz CT molecular complexity index is 464. The minimum absolute atomic E-state index is 0.122. The van der Waals surface area contributed by atoms with Crippen LogP contribution in [0.4, 0.5) is 5.69 Å². The molecule has 2 rings (SSSR count). The molecule has 2 unspecified atom stereocenters. The van der Waals surface area contributed by atoms with Crippen molar-refractivity contribution >= 4 is 5.69 Å². The molecule has 0 amide bonds. The van der Waals surface area contributed by atoms with Crippen LogP contribution in [0, 0.1) is 23.0 Å². The van der Waals surface area contributed by atoms with E-state index in [-0.39, 0.29) is 22.6 Å². The molecule has 2 atom stereocenters. The number of hydrogen-bond acceptors (Lipinski definition) is 5. The number of nitrogens with one attached hydrogen (secondary N) is 2. The number of rotatable bonds is 5. The average Bonchev–Trinajstić information content (AvgIpc) is 2.77. The lowest BCUT2D eigenvalue weighted by Crippen LogP contribution is -2.30. The van der Waals surface area contributed by atoms with Gasteiger partial charge in [-0.3, -0.25) is 10.1 Å². The van der Waals surface area contributed by atoms with Crippen LogP contribution in [-0.2, 0) is 6.54 Å². The molecule has 0 aliphatic carbocycles. The van der Waals surface area contributed by atoms with E-state index in [0.717, 1.165) is 24.2 Å². The molecule has 1 aromatic rings. The number of aryl methyl sites for hydroxylation is 1. The van der Waals surface area contributed by atoms with Gasteiger partial charge in [-0.15, -0.1) is 0 Å². The molecule has 0 saturated carbocycles. The van der Waals surface area contributed by atoms with Crippen molar-refractivity contribution in [2.75, 3.05) is 19.6 Å². The molecule has 6 nitrogen and oxygen atoms in total. The summed E-state index contributed by atoms with van der Waals surface area (Å²) in [5, 5.41) is 26.7. The van der Waals surface area contributed by atoms with E-state index >= 15 is 0 Å². The van der Waals surface area contributed by atoms with Gasteiger partial charge in [0.25, 0.3) is 5.69 Å². The van der Waals surface area contributed by atoms with Gasteiger partial charge in [0.1, 0.15) is 0 Å². The summed E-state index contributed by atoms with van der Waals surface area (Å²) in [5.41, 5.74) is 2.08. The van der Waals surface area contributed by atoms with Crippen LogP contribution in [0.2, 0.25) is 0 Å². The molecule has 19 heavy (non-hydrogen) atoms. The lowest BCUT2D eigenvalue weighted by molar-refractivity contribution is -0.384. The number of aliphatic hydroxyl groups is 1. The first-order chi connectivity index (χ1) is 9.08. The highest BCUT2D eigenvalue weighted by Gasteiger charge is 2.24. The molecule has 6 heteroatoms. The Morgan fingerprint density at radius 2 is 2.32 bits per heavy atom. The summed E-state index contributed by atoms with van der Waals surface area (Å²) in [5.74, 6) is 0.235. The van der Waals surface area contributed by atoms with Crippen LogP contribution in [0.3, 0.4) is 0 Å². The number of benzene rings is 1. The second-order valence-electron chi connectivity index (χ2n) is 4.98. The molecule has 0 bridgehead atoms. The standard InChI is InChI=1S/C13H19N3O3/c1-9-4-12(16(18)19)3-2-10(9)5-14-6-11-7-15-8-13(11)17/h2-4,11,13-15,17H,5-8H2,1H3. The number of nitro groups is 1. The monoisotopic (exact) mass is 265 g/mol. The number of aliphatic hydroxyl groups excluding tert-OH is 1. The van der Waals surface area contributed by atoms with Crippen LogP contribution >= 0.6 is 0 Å². The van der Waals surface area contributed by atoms with Crippen molar-refractivity contribution < 1.29 is 10.0 Å². The van der Waals surface area contributed by atoms with Crippen molar-refractivity contribution in [2.24, 2.45) is 5.92 Å². The van der Waals surface area contributed by atoms with Crippen LogP contribution in [0.25, 0.3) is 0 Å². The second kappa shape index (κ2) is 6.10. The minimum Gasteiger partial charge on any atom is -0.391 e. The van der Waals surface area contributed by atoms with Gasteiger partial charge in [-0.05, 0) is 18.1 Å². The van der Waals surface area contributed by atoms with Gasteiger partial charge in [-0.25, -0.2) is 0 Å². The molecule has 3 N–H and O–H groups in total. The Kier molecular flexibility index (Phi) is 4.47. The highest BCUT2D eigenvalue weighted by molar-refractivity contribution is 5.39. The fraction of sp³-hybridized carbons (Fsp3) is 0.538. The highest BCUT2D eigenvalue weighted by Crippen LogP contribution is 2.17. The number of nitrogens with zero attached hydrogens (tertiary/aromatic N) is 1. The van der Waals surface area contributed by atoms with Gasteiger partial charge in [-0.1, -0.05) is 6.07 Å². The van der Waals surface area contributed by atoms with Crippen LogP contribution in [0.1, 0.15) is 11.1 Å². The van der Waals surface area contributed by atoms with Gasteiger partial charge in [0.2, 0.25) is 0 Å². The van der Waals surface area contributed by atoms with Crippen molar-refractivity contribution in [3.05, 3.63) is 39.4 Å². The SMILES string of the molecule is Cc1cc([N+](=O)[O-])ccc1CNCC1CNCC1O. The van der Waals surface area contributed by atoms with Gasteiger partial charge in [0.15, 0.2) is 0 Å². The maximum absolute atomic E-state index is 10.6. The molecule has 1 heterocycles. The molecule has 1 aliphatic heterocycles. The molecule has 0 spiro atoms. The number of non-ortho nitro benzene ring substituents is 1. The zero-order valence-electron chi connectivity index (χ0n) is 10.9. The average molecular weight is 265 g/mol. The predicted octanol–water partition coefficient (Wildman–Crippen LogP) is 0.573. The molecule has 0 aromatic heterocycles. The van der Waals surface area contributed by atoms with E-state index in [9.17, 15) is 15.2 Å². The fourth-order valence-corrected chi connectivity index (χ4v) is 2.31. The van der Waals surface area contributed by atoms with E-state index < -0.39 is 0 Å². The lowest BCUT2D eigenvalue weighted by atomic mass is 10.1. The second-order valence-corrected chi connectivity index (χ2v) is 4.98. The topological polar surface area (TPSA) is 87.4 Å².